The van der Waals surface area contributed by atoms with E-state index in [1.807, 2.05) is 36.4 Å². The number of hydrogen-bond donors (Lipinski definition) is 0. The molecule has 11 rings (SSSR count). The highest BCUT2D eigenvalue weighted by molar-refractivity contribution is 6.11. The van der Waals surface area contributed by atoms with Crippen molar-refractivity contribution in [1.82, 2.24) is 9.55 Å². The highest BCUT2D eigenvalue weighted by Gasteiger charge is 2.20. The maximum absolute atomic E-state index is 6.23. The van der Waals surface area contributed by atoms with Crippen LogP contribution in [0.1, 0.15) is 0 Å². The Morgan fingerprint density at radius 3 is 1.82 bits per heavy atom. The van der Waals surface area contributed by atoms with Gasteiger partial charge in [0.15, 0.2) is 5.58 Å². The molecule has 0 fully saturated rings. The van der Waals surface area contributed by atoms with E-state index in [1.54, 1.807) is 0 Å². The zero-order chi connectivity index (χ0) is 37.7. The van der Waals surface area contributed by atoms with Crippen LogP contribution in [0, 0.1) is 0 Å². The second-order valence-electron chi connectivity index (χ2n) is 14.4. The maximum Gasteiger partial charge on any atom is 0.227 e. The third-order valence-electron chi connectivity index (χ3n) is 11.0. The predicted molar refractivity (Wildman–Crippen MR) is 237 cm³/mol. The zero-order valence-corrected chi connectivity index (χ0v) is 31.0. The first-order valence-electron chi connectivity index (χ1n) is 19.3. The molecule has 0 atom stereocenters. The van der Waals surface area contributed by atoms with Gasteiger partial charge in [-0.15, -0.1) is 0 Å². The molecule has 0 aliphatic heterocycles. The van der Waals surface area contributed by atoms with E-state index in [1.165, 1.54) is 27.4 Å². The summed E-state index contributed by atoms with van der Waals surface area (Å²) in [6, 6.07) is 75.3. The Kier molecular flexibility index (Phi) is 7.78. The summed E-state index contributed by atoms with van der Waals surface area (Å²) >= 11 is 0. The summed E-state index contributed by atoms with van der Waals surface area (Å²) in [7, 11) is 0. The van der Waals surface area contributed by atoms with Gasteiger partial charge in [0, 0.05) is 44.3 Å². The Labute approximate surface area is 330 Å². The van der Waals surface area contributed by atoms with Crippen molar-refractivity contribution in [2.75, 3.05) is 4.90 Å². The Hall–Kier alpha value is -7.69. The summed E-state index contributed by atoms with van der Waals surface area (Å²) in [6.45, 7) is 0. The Balaban J connectivity index is 1.07. The van der Waals surface area contributed by atoms with Gasteiger partial charge in [0.25, 0.3) is 0 Å². The summed E-state index contributed by atoms with van der Waals surface area (Å²) in [4.78, 5) is 7.36. The van der Waals surface area contributed by atoms with Gasteiger partial charge in [0.1, 0.15) is 5.52 Å². The monoisotopic (exact) mass is 729 g/mol. The van der Waals surface area contributed by atoms with Gasteiger partial charge in [-0.05, 0) is 101 Å². The summed E-state index contributed by atoms with van der Waals surface area (Å²) in [6.07, 6.45) is 0. The number of para-hydroxylation sites is 3. The molecular formula is C53H35N3O. The Morgan fingerprint density at radius 2 is 1.02 bits per heavy atom. The topological polar surface area (TPSA) is 34.2 Å². The highest BCUT2D eigenvalue weighted by Crippen LogP contribution is 2.44. The second-order valence-corrected chi connectivity index (χ2v) is 14.4. The van der Waals surface area contributed by atoms with E-state index in [-0.39, 0.29) is 0 Å². The molecule has 9 aromatic carbocycles. The van der Waals surface area contributed by atoms with Crippen LogP contribution in [0.4, 0.5) is 17.1 Å². The molecule has 0 bridgehead atoms. The fraction of sp³-hybridized carbons (Fsp3) is 0. The van der Waals surface area contributed by atoms with Crippen molar-refractivity contribution in [2.24, 2.45) is 0 Å². The van der Waals surface area contributed by atoms with Crippen LogP contribution >= 0.6 is 0 Å². The van der Waals surface area contributed by atoms with Crippen LogP contribution in [0.15, 0.2) is 217 Å². The number of benzene rings is 9. The van der Waals surface area contributed by atoms with Crippen molar-refractivity contribution < 1.29 is 4.42 Å². The van der Waals surface area contributed by atoms with E-state index in [9.17, 15) is 0 Å². The number of fused-ring (bicyclic) bond motifs is 6. The molecule has 2 aromatic heterocycles. The molecule has 0 spiro atoms. The maximum atomic E-state index is 6.23. The fourth-order valence-electron chi connectivity index (χ4n) is 8.41. The van der Waals surface area contributed by atoms with Crippen molar-refractivity contribution in [3.8, 4) is 39.4 Å². The third-order valence-corrected chi connectivity index (χ3v) is 11.0. The molecule has 0 N–H and O–H groups in total. The van der Waals surface area contributed by atoms with E-state index in [2.05, 4.69) is 185 Å². The molecule has 4 heteroatoms. The summed E-state index contributed by atoms with van der Waals surface area (Å²) < 4.78 is 8.60. The number of nitrogens with zero attached hydrogens (tertiary/aromatic N) is 3. The number of aromatic nitrogens is 2. The standard InChI is InChI=1S/C53H35N3O/c1-4-15-36(16-5-1)43-21-10-12-25-48(43)55(41-31-33-50-47(35-41)45-22-11-13-26-49(45)56(50)39-19-8-3-9-20-39)40-29-27-37(28-30-40)42-23-14-24-46-44(42)32-34-51-52(46)54-53(57-51)38-17-6-2-7-18-38/h1-35H. The van der Waals surface area contributed by atoms with E-state index >= 15 is 0 Å². The van der Waals surface area contributed by atoms with Gasteiger partial charge in [-0.25, -0.2) is 4.98 Å². The number of oxazole rings is 1. The van der Waals surface area contributed by atoms with Gasteiger partial charge in [0.2, 0.25) is 5.89 Å². The predicted octanol–water partition coefficient (Wildman–Crippen LogP) is 14.5. The van der Waals surface area contributed by atoms with Crippen LogP contribution in [-0.4, -0.2) is 9.55 Å². The molecule has 0 radical (unpaired) electrons. The molecular weight excluding hydrogens is 695 g/mol. The van der Waals surface area contributed by atoms with E-state index in [0.29, 0.717) is 5.89 Å². The van der Waals surface area contributed by atoms with Crippen molar-refractivity contribution in [3.05, 3.63) is 212 Å². The molecule has 0 aliphatic carbocycles. The molecule has 0 saturated carbocycles. The molecule has 2 heterocycles. The average molecular weight is 730 g/mol. The Morgan fingerprint density at radius 1 is 0.404 bits per heavy atom. The first kappa shape index (κ1) is 32.7. The number of rotatable bonds is 7. The Bertz CT molecular complexity index is 3220. The first-order chi connectivity index (χ1) is 28.3. The lowest BCUT2D eigenvalue weighted by molar-refractivity contribution is 0.620. The summed E-state index contributed by atoms with van der Waals surface area (Å²) in [5, 5.41) is 4.63. The minimum atomic E-state index is 0.631. The fourth-order valence-corrected chi connectivity index (χ4v) is 8.41. The van der Waals surface area contributed by atoms with Crippen LogP contribution in [0.25, 0.3) is 83.1 Å². The molecule has 11 aromatic rings. The van der Waals surface area contributed by atoms with Crippen molar-refractivity contribution in [2.45, 2.75) is 0 Å². The molecule has 268 valence electrons. The van der Waals surface area contributed by atoms with Gasteiger partial charge < -0.3 is 13.9 Å². The number of anilines is 3. The third kappa shape index (κ3) is 5.58. The molecule has 4 nitrogen and oxygen atoms in total. The van der Waals surface area contributed by atoms with E-state index < -0.39 is 0 Å². The molecule has 0 unspecified atom stereocenters. The van der Waals surface area contributed by atoms with Crippen LogP contribution in [0.3, 0.4) is 0 Å². The largest absolute Gasteiger partial charge is 0.436 e. The SMILES string of the molecule is c1ccc(-c2nc3c(ccc4c(-c5ccc(N(c6ccc7c(c6)c6ccccc6n7-c6ccccc6)c6ccccc6-c6ccccc6)cc5)cccc43)o2)cc1. The van der Waals surface area contributed by atoms with Gasteiger partial charge in [-0.1, -0.05) is 133 Å². The minimum Gasteiger partial charge on any atom is -0.436 e. The zero-order valence-electron chi connectivity index (χ0n) is 31.0. The number of hydrogen-bond acceptors (Lipinski definition) is 3. The lowest BCUT2D eigenvalue weighted by Gasteiger charge is -2.28. The second kappa shape index (κ2) is 13.6. The smallest absolute Gasteiger partial charge is 0.227 e. The van der Waals surface area contributed by atoms with Crippen LogP contribution in [0.2, 0.25) is 0 Å². The summed E-state index contributed by atoms with van der Waals surface area (Å²) in [5.74, 6) is 0.631. The van der Waals surface area contributed by atoms with Crippen LogP contribution in [0.5, 0.6) is 0 Å². The van der Waals surface area contributed by atoms with Gasteiger partial charge in [-0.3, -0.25) is 0 Å². The lowest BCUT2D eigenvalue weighted by atomic mass is 9.97. The van der Waals surface area contributed by atoms with Crippen molar-refractivity contribution >= 4 is 60.7 Å². The van der Waals surface area contributed by atoms with Crippen LogP contribution in [-0.2, 0) is 0 Å². The molecule has 0 saturated heterocycles. The lowest BCUT2D eigenvalue weighted by Crippen LogP contribution is -2.11. The van der Waals surface area contributed by atoms with Crippen molar-refractivity contribution in [1.29, 1.82) is 0 Å². The average Bonchev–Trinajstić information content (AvgIpc) is 3.88. The van der Waals surface area contributed by atoms with Gasteiger partial charge >= 0.3 is 0 Å². The van der Waals surface area contributed by atoms with Gasteiger partial charge in [-0.2, -0.15) is 0 Å². The molecule has 0 aliphatic rings. The molecule has 57 heavy (non-hydrogen) atoms. The van der Waals surface area contributed by atoms with E-state index in [0.717, 1.165) is 66.9 Å². The van der Waals surface area contributed by atoms with E-state index in [4.69, 9.17) is 9.40 Å². The minimum absolute atomic E-state index is 0.631. The quantitative estimate of drug-likeness (QED) is 0.164. The normalized spacial score (nSPS) is 11.5. The highest BCUT2D eigenvalue weighted by atomic mass is 16.3. The van der Waals surface area contributed by atoms with Crippen molar-refractivity contribution in [3.63, 3.8) is 0 Å². The molecule has 0 amide bonds. The summed E-state index contributed by atoms with van der Waals surface area (Å²) in [5.41, 5.74) is 14.0. The van der Waals surface area contributed by atoms with Gasteiger partial charge in [0.05, 0.1) is 16.7 Å². The van der Waals surface area contributed by atoms with Crippen LogP contribution < -0.4 is 4.90 Å². The first-order valence-corrected chi connectivity index (χ1v) is 19.3.